The van der Waals surface area contributed by atoms with Crippen LogP contribution in [-0.2, 0) is 13.3 Å². The Kier molecular flexibility index (Phi) is 4.47. The zero-order valence-corrected chi connectivity index (χ0v) is 13.8. The molecule has 2 fully saturated rings. The van der Waals surface area contributed by atoms with Crippen molar-refractivity contribution >= 4 is 12.2 Å². The van der Waals surface area contributed by atoms with E-state index in [0.717, 1.165) is 30.2 Å². The molecule has 118 valence electrons. The fourth-order valence-corrected chi connectivity index (χ4v) is 3.73. The quantitative estimate of drug-likeness (QED) is 0.850. The van der Waals surface area contributed by atoms with E-state index in [-0.39, 0.29) is 6.61 Å². The minimum atomic E-state index is -0.0300. The van der Waals surface area contributed by atoms with Gasteiger partial charge >= 0.3 is 0 Å². The summed E-state index contributed by atoms with van der Waals surface area (Å²) in [5, 5.41) is 14.0. The summed E-state index contributed by atoms with van der Waals surface area (Å²) in [6.45, 7) is 3.04. The molecular weight excluding hydrogens is 284 g/mol. The Balaban J connectivity index is 1.71. The summed E-state index contributed by atoms with van der Waals surface area (Å²) >= 11 is 5.56. The third kappa shape index (κ3) is 3.22. The van der Waals surface area contributed by atoms with Gasteiger partial charge in [0.15, 0.2) is 10.6 Å². The van der Waals surface area contributed by atoms with Crippen molar-refractivity contribution in [1.82, 2.24) is 19.2 Å². The third-order valence-corrected chi connectivity index (χ3v) is 5.37. The van der Waals surface area contributed by atoms with E-state index in [2.05, 4.69) is 24.0 Å². The van der Waals surface area contributed by atoms with Crippen molar-refractivity contribution in [3.8, 4) is 0 Å². The maximum atomic E-state index is 9.49. The number of aliphatic hydroxyl groups is 1. The fourth-order valence-electron chi connectivity index (χ4n) is 3.37. The molecule has 0 unspecified atom stereocenters. The van der Waals surface area contributed by atoms with Crippen LogP contribution >= 0.6 is 12.2 Å². The Labute approximate surface area is 131 Å². The molecule has 2 aliphatic carbocycles. The number of hydrogen-bond acceptors (Lipinski definition) is 4. The Morgan fingerprint density at radius 3 is 2.48 bits per heavy atom. The van der Waals surface area contributed by atoms with Crippen molar-refractivity contribution in [3.63, 3.8) is 0 Å². The molecule has 1 aromatic rings. The van der Waals surface area contributed by atoms with E-state index >= 15 is 0 Å². The summed E-state index contributed by atoms with van der Waals surface area (Å²) in [5.41, 5.74) is 0. The molecule has 3 rings (SSSR count). The standard InChI is InChI=1S/C15H26N4OS/c1-11-3-5-12(6-4-11)17(2)10-18-15(21)19(13-7-8-13)14(9-20)16-18/h11-13,20H,3-10H2,1-2H3. The Bertz CT molecular complexity index is 540. The Hall–Kier alpha value is -0.720. The molecule has 0 radical (unpaired) electrons. The maximum Gasteiger partial charge on any atom is 0.199 e. The van der Waals surface area contributed by atoms with Crippen LogP contribution in [0.3, 0.4) is 0 Å². The van der Waals surface area contributed by atoms with Crippen molar-refractivity contribution in [2.45, 2.75) is 70.8 Å². The van der Waals surface area contributed by atoms with Crippen molar-refractivity contribution in [1.29, 1.82) is 0 Å². The maximum absolute atomic E-state index is 9.49. The van der Waals surface area contributed by atoms with Gasteiger partial charge in [-0.3, -0.25) is 9.47 Å². The van der Waals surface area contributed by atoms with Crippen LogP contribution in [0.1, 0.15) is 57.3 Å². The van der Waals surface area contributed by atoms with E-state index in [1.54, 1.807) is 0 Å². The van der Waals surface area contributed by atoms with Crippen LogP contribution in [0.25, 0.3) is 0 Å². The summed E-state index contributed by atoms with van der Waals surface area (Å²) in [6, 6.07) is 1.10. The zero-order valence-electron chi connectivity index (χ0n) is 13.0. The first-order valence-electron chi connectivity index (χ1n) is 8.09. The second-order valence-electron chi connectivity index (χ2n) is 6.77. The Morgan fingerprint density at radius 2 is 1.90 bits per heavy atom. The lowest BCUT2D eigenvalue weighted by atomic mass is 9.87. The minimum Gasteiger partial charge on any atom is -0.388 e. The van der Waals surface area contributed by atoms with Crippen LogP contribution in [0.15, 0.2) is 0 Å². The van der Waals surface area contributed by atoms with E-state index in [1.807, 2.05) is 9.25 Å². The van der Waals surface area contributed by atoms with Crippen molar-refractivity contribution < 1.29 is 5.11 Å². The number of nitrogens with zero attached hydrogens (tertiary/aromatic N) is 4. The van der Waals surface area contributed by atoms with Crippen molar-refractivity contribution in [2.24, 2.45) is 5.92 Å². The molecule has 1 heterocycles. The summed E-state index contributed by atoms with van der Waals surface area (Å²) in [5.74, 6) is 1.58. The lowest BCUT2D eigenvalue weighted by Crippen LogP contribution is -2.36. The molecule has 1 N–H and O–H groups in total. The predicted octanol–water partition coefficient (Wildman–Crippen LogP) is 2.71. The molecule has 0 aromatic carbocycles. The average Bonchev–Trinajstić information content (AvgIpc) is 3.26. The molecule has 1 aromatic heterocycles. The summed E-state index contributed by atoms with van der Waals surface area (Å²) in [4.78, 5) is 2.37. The van der Waals surface area contributed by atoms with Gasteiger partial charge in [-0.1, -0.05) is 6.92 Å². The zero-order chi connectivity index (χ0) is 15.0. The number of hydrogen-bond donors (Lipinski definition) is 1. The summed E-state index contributed by atoms with van der Waals surface area (Å²) in [6.07, 6.45) is 7.48. The smallest absolute Gasteiger partial charge is 0.199 e. The van der Waals surface area contributed by atoms with E-state index in [9.17, 15) is 5.11 Å². The molecule has 2 aliphatic rings. The van der Waals surface area contributed by atoms with Crippen LogP contribution in [0, 0.1) is 10.7 Å². The first-order valence-corrected chi connectivity index (χ1v) is 8.50. The van der Waals surface area contributed by atoms with Gasteiger partial charge in [-0.05, 0) is 63.7 Å². The molecule has 2 saturated carbocycles. The first-order chi connectivity index (χ1) is 10.1. The highest BCUT2D eigenvalue weighted by Gasteiger charge is 2.29. The van der Waals surface area contributed by atoms with Gasteiger partial charge in [0, 0.05) is 12.1 Å². The molecule has 5 nitrogen and oxygen atoms in total. The van der Waals surface area contributed by atoms with Crippen LogP contribution in [0.5, 0.6) is 0 Å². The lowest BCUT2D eigenvalue weighted by molar-refractivity contribution is 0.130. The predicted molar refractivity (Wildman–Crippen MR) is 84.4 cm³/mol. The molecule has 0 aliphatic heterocycles. The molecular formula is C15H26N4OS. The van der Waals surface area contributed by atoms with Crippen LogP contribution in [0.4, 0.5) is 0 Å². The van der Waals surface area contributed by atoms with Gasteiger partial charge < -0.3 is 5.11 Å². The lowest BCUT2D eigenvalue weighted by Gasteiger charge is -2.33. The van der Waals surface area contributed by atoms with Crippen LogP contribution in [0.2, 0.25) is 0 Å². The van der Waals surface area contributed by atoms with E-state index < -0.39 is 0 Å². The van der Waals surface area contributed by atoms with Gasteiger partial charge in [0.05, 0.1) is 6.67 Å². The monoisotopic (exact) mass is 310 g/mol. The number of aliphatic hydroxyl groups excluding tert-OH is 1. The van der Waals surface area contributed by atoms with Gasteiger partial charge in [-0.15, -0.1) is 0 Å². The second-order valence-corrected chi connectivity index (χ2v) is 7.13. The molecule has 21 heavy (non-hydrogen) atoms. The number of aromatic nitrogens is 3. The molecule has 0 spiro atoms. The van der Waals surface area contributed by atoms with Gasteiger partial charge in [0.2, 0.25) is 0 Å². The highest BCUT2D eigenvalue weighted by molar-refractivity contribution is 7.71. The van der Waals surface area contributed by atoms with Crippen LogP contribution in [-0.4, -0.2) is 37.4 Å². The van der Waals surface area contributed by atoms with Crippen LogP contribution < -0.4 is 0 Å². The highest BCUT2D eigenvalue weighted by Crippen LogP contribution is 2.36. The molecule has 0 atom stereocenters. The van der Waals surface area contributed by atoms with Gasteiger partial charge in [-0.2, -0.15) is 5.10 Å². The summed E-state index contributed by atoms with van der Waals surface area (Å²) in [7, 11) is 2.16. The van der Waals surface area contributed by atoms with Gasteiger partial charge in [0.25, 0.3) is 0 Å². The normalized spacial score (nSPS) is 26.5. The van der Waals surface area contributed by atoms with Crippen molar-refractivity contribution in [2.75, 3.05) is 7.05 Å². The van der Waals surface area contributed by atoms with Gasteiger partial charge in [0.1, 0.15) is 6.61 Å². The fraction of sp³-hybridized carbons (Fsp3) is 0.867. The second kappa shape index (κ2) is 6.18. The first kappa shape index (κ1) is 15.2. The molecule has 6 heteroatoms. The Morgan fingerprint density at radius 1 is 1.24 bits per heavy atom. The van der Waals surface area contributed by atoms with E-state index in [4.69, 9.17) is 12.2 Å². The van der Waals surface area contributed by atoms with Crippen molar-refractivity contribution in [3.05, 3.63) is 10.6 Å². The molecule has 0 saturated heterocycles. The van der Waals surface area contributed by atoms with Gasteiger partial charge in [-0.25, -0.2) is 4.68 Å². The third-order valence-electron chi connectivity index (χ3n) is 4.96. The van der Waals surface area contributed by atoms with E-state index in [1.165, 1.54) is 25.7 Å². The average molecular weight is 310 g/mol. The molecule has 0 bridgehead atoms. The summed E-state index contributed by atoms with van der Waals surface area (Å²) < 4.78 is 4.70. The minimum absolute atomic E-state index is 0.0300. The molecule has 0 amide bonds. The largest absolute Gasteiger partial charge is 0.388 e. The SMILES string of the molecule is CC1CCC(N(C)Cn2nc(CO)n(C3CC3)c2=S)CC1. The van der Waals surface area contributed by atoms with E-state index in [0.29, 0.717) is 17.9 Å². The topological polar surface area (TPSA) is 46.2 Å². The highest BCUT2D eigenvalue weighted by atomic mass is 32.1. The number of rotatable bonds is 5.